The van der Waals surface area contributed by atoms with Gasteiger partial charge in [0, 0.05) is 5.69 Å². The van der Waals surface area contributed by atoms with Crippen molar-refractivity contribution in [3.05, 3.63) is 30.3 Å². The second-order valence-corrected chi connectivity index (χ2v) is 6.74. The Kier molecular flexibility index (Phi) is 4.74. The normalized spacial score (nSPS) is 16.9. The van der Waals surface area contributed by atoms with Gasteiger partial charge in [-0.1, -0.05) is 31.0 Å². The van der Waals surface area contributed by atoms with Gasteiger partial charge in [0.1, 0.15) is 11.1 Å². The highest BCUT2D eigenvalue weighted by Gasteiger charge is 2.43. The topological polar surface area (TPSA) is 67.4 Å². The molecule has 0 unspecified atom stereocenters. The third-order valence-electron chi connectivity index (χ3n) is 3.66. The van der Waals surface area contributed by atoms with E-state index in [0.717, 1.165) is 18.5 Å². The van der Waals surface area contributed by atoms with Crippen molar-refractivity contribution in [3.63, 3.8) is 0 Å². The lowest BCUT2D eigenvalue weighted by Crippen LogP contribution is -2.55. The van der Waals surface area contributed by atoms with E-state index in [4.69, 9.17) is 4.74 Å². The molecule has 5 heteroatoms. The monoisotopic (exact) mass is 304 g/mol. The maximum absolute atomic E-state index is 12.7. The van der Waals surface area contributed by atoms with Gasteiger partial charge in [-0.2, -0.15) is 0 Å². The van der Waals surface area contributed by atoms with Crippen LogP contribution in [0.5, 0.6) is 0 Å². The van der Waals surface area contributed by atoms with Gasteiger partial charge >= 0.3 is 6.09 Å². The van der Waals surface area contributed by atoms with E-state index >= 15 is 0 Å². The molecule has 22 heavy (non-hydrogen) atoms. The number of ether oxygens (including phenoxy) is 1. The van der Waals surface area contributed by atoms with Gasteiger partial charge in [-0.3, -0.25) is 4.79 Å². The summed E-state index contributed by atoms with van der Waals surface area (Å²) in [4.78, 5) is 24.7. The average molecular weight is 304 g/mol. The number of alkyl carbamates (subject to hydrolysis) is 1. The Labute approximate surface area is 131 Å². The molecule has 0 atom stereocenters. The fraction of sp³-hybridized carbons (Fsp3) is 0.529. The molecule has 5 nitrogen and oxygen atoms in total. The Balaban J connectivity index is 2.07. The molecule has 1 saturated carbocycles. The number of amides is 2. The van der Waals surface area contributed by atoms with Crippen LogP contribution in [0.1, 0.15) is 46.5 Å². The molecule has 0 aliphatic heterocycles. The van der Waals surface area contributed by atoms with Crippen LogP contribution in [-0.4, -0.2) is 23.1 Å². The Morgan fingerprint density at radius 1 is 1.09 bits per heavy atom. The van der Waals surface area contributed by atoms with Crippen LogP contribution in [0.25, 0.3) is 0 Å². The van der Waals surface area contributed by atoms with E-state index < -0.39 is 17.2 Å². The number of carbonyl (C=O) groups excluding carboxylic acids is 2. The zero-order valence-corrected chi connectivity index (χ0v) is 13.4. The fourth-order valence-corrected chi connectivity index (χ4v) is 2.66. The lowest BCUT2D eigenvalue weighted by molar-refractivity contribution is -0.122. The van der Waals surface area contributed by atoms with Crippen molar-refractivity contribution in [2.24, 2.45) is 0 Å². The van der Waals surface area contributed by atoms with Crippen molar-refractivity contribution >= 4 is 17.7 Å². The molecule has 2 rings (SSSR count). The number of hydrogen-bond donors (Lipinski definition) is 2. The Morgan fingerprint density at radius 3 is 2.23 bits per heavy atom. The molecule has 2 amide bonds. The number of nitrogens with one attached hydrogen (secondary N) is 2. The van der Waals surface area contributed by atoms with Crippen LogP contribution in [-0.2, 0) is 9.53 Å². The largest absolute Gasteiger partial charge is 0.444 e. The second kappa shape index (κ2) is 6.38. The molecule has 0 radical (unpaired) electrons. The summed E-state index contributed by atoms with van der Waals surface area (Å²) >= 11 is 0. The first-order chi connectivity index (χ1) is 10.3. The van der Waals surface area contributed by atoms with Gasteiger partial charge < -0.3 is 15.4 Å². The average Bonchev–Trinajstić information content (AvgIpc) is 2.87. The standard InChI is InChI=1S/C17H24N2O3/c1-16(2,3)22-15(21)19-17(11-7-8-12-17)14(20)18-13-9-5-4-6-10-13/h4-6,9-10H,7-8,11-12H2,1-3H3,(H,18,20)(H,19,21). The van der Waals surface area contributed by atoms with Crippen molar-refractivity contribution in [2.75, 3.05) is 5.32 Å². The van der Waals surface area contributed by atoms with Crippen molar-refractivity contribution < 1.29 is 14.3 Å². The number of rotatable bonds is 3. The molecule has 1 aromatic carbocycles. The zero-order valence-electron chi connectivity index (χ0n) is 13.4. The molecule has 0 aromatic heterocycles. The fourth-order valence-electron chi connectivity index (χ4n) is 2.66. The lowest BCUT2D eigenvalue weighted by atomic mass is 9.96. The predicted molar refractivity (Wildman–Crippen MR) is 85.6 cm³/mol. The maximum Gasteiger partial charge on any atom is 0.408 e. The number of hydrogen-bond acceptors (Lipinski definition) is 3. The third-order valence-corrected chi connectivity index (χ3v) is 3.66. The van der Waals surface area contributed by atoms with Gasteiger partial charge in [-0.15, -0.1) is 0 Å². The first-order valence-corrected chi connectivity index (χ1v) is 7.68. The molecule has 1 aliphatic carbocycles. The van der Waals surface area contributed by atoms with E-state index in [1.54, 1.807) is 20.8 Å². The Bertz CT molecular complexity index is 529. The molecule has 0 saturated heterocycles. The first-order valence-electron chi connectivity index (χ1n) is 7.68. The maximum atomic E-state index is 12.7. The number of anilines is 1. The summed E-state index contributed by atoms with van der Waals surface area (Å²) in [7, 11) is 0. The Hall–Kier alpha value is -2.04. The van der Waals surface area contributed by atoms with Crippen molar-refractivity contribution in [1.82, 2.24) is 5.32 Å². The van der Waals surface area contributed by atoms with Crippen LogP contribution in [0.2, 0.25) is 0 Å². The first kappa shape index (κ1) is 16.3. The highest BCUT2D eigenvalue weighted by atomic mass is 16.6. The minimum Gasteiger partial charge on any atom is -0.444 e. The van der Waals surface area contributed by atoms with E-state index in [-0.39, 0.29) is 5.91 Å². The van der Waals surface area contributed by atoms with E-state index in [1.807, 2.05) is 30.3 Å². The summed E-state index contributed by atoms with van der Waals surface area (Å²) in [6.07, 6.45) is 2.55. The molecular weight excluding hydrogens is 280 g/mol. The highest BCUT2D eigenvalue weighted by Crippen LogP contribution is 2.31. The number of benzene rings is 1. The summed E-state index contributed by atoms with van der Waals surface area (Å²) in [6.45, 7) is 5.41. The zero-order chi connectivity index (χ0) is 16.2. The van der Waals surface area contributed by atoms with Crippen LogP contribution in [0.15, 0.2) is 30.3 Å². The minimum absolute atomic E-state index is 0.179. The Morgan fingerprint density at radius 2 is 1.68 bits per heavy atom. The minimum atomic E-state index is -0.877. The number of carbonyl (C=O) groups is 2. The highest BCUT2D eigenvalue weighted by molar-refractivity contribution is 6.00. The third kappa shape index (κ3) is 4.23. The predicted octanol–water partition coefficient (Wildman–Crippen LogP) is 3.46. The quantitative estimate of drug-likeness (QED) is 0.898. The molecule has 1 fully saturated rings. The molecule has 120 valence electrons. The van der Waals surface area contributed by atoms with Crippen molar-refractivity contribution in [1.29, 1.82) is 0 Å². The molecule has 1 aromatic rings. The lowest BCUT2D eigenvalue weighted by Gasteiger charge is -2.30. The molecule has 1 aliphatic rings. The van der Waals surface area contributed by atoms with Crippen LogP contribution in [0.4, 0.5) is 10.5 Å². The van der Waals surface area contributed by atoms with Gasteiger partial charge in [-0.25, -0.2) is 4.79 Å². The SMILES string of the molecule is CC(C)(C)OC(=O)NC1(C(=O)Nc2ccccc2)CCCC1. The smallest absolute Gasteiger partial charge is 0.408 e. The van der Waals surface area contributed by atoms with Gasteiger partial charge in [-0.05, 0) is 45.7 Å². The number of para-hydroxylation sites is 1. The molecule has 0 spiro atoms. The van der Waals surface area contributed by atoms with Crippen LogP contribution in [0.3, 0.4) is 0 Å². The van der Waals surface area contributed by atoms with Gasteiger partial charge in [0.2, 0.25) is 5.91 Å². The summed E-state index contributed by atoms with van der Waals surface area (Å²) in [5, 5.41) is 5.68. The van der Waals surface area contributed by atoms with E-state index in [1.165, 1.54) is 0 Å². The van der Waals surface area contributed by atoms with Crippen LogP contribution in [0, 0.1) is 0 Å². The summed E-state index contributed by atoms with van der Waals surface area (Å²) in [5.74, 6) is -0.179. The van der Waals surface area contributed by atoms with E-state index in [0.29, 0.717) is 12.8 Å². The van der Waals surface area contributed by atoms with E-state index in [9.17, 15) is 9.59 Å². The van der Waals surface area contributed by atoms with Gasteiger partial charge in [0.05, 0.1) is 0 Å². The molecule has 0 heterocycles. The van der Waals surface area contributed by atoms with Crippen molar-refractivity contribution in [3.8, 4) is 0 Å². The molecule has 0 bridgehead atoms. The van der Waals surface area contributed by atoms with E-state index in [2.05, 4.69) is 10.6 Å². The molecular formula is C17H24N2O3. The van der Waals surface area contributed by atoms with Gasteiger partial charge in [0.15, 0.2) is 0 Å². The second-order valence-electron chi connectivity index (χ2n) is 6.74. The summed E-state index contributed by atoms with van der Waals surface area (Å²) in [5.41, 5.74) is -0.734. The van der Waals surface area contributed by atoms with Crippen molar-refractivity contribution in [2.45, 2.75) is 57.6 Å². The molecule has 2 N–H and O–H groups in total. The van der Waals surface area contributed by atoms with Gasteiger partial charge in [0.25, 0.3) is 0 Å². The van der Waals surface area contributed by atoms with Crippen LogP contribution < -0.4 is 10.6 Å². The van der Waals surface area contributed by atoms with Crippen LogP contribution >= 0.6 is 0 Å². The summed E-state index contributed by atoms with van der Waals surface area (Å²) < 4.78 is 5.30. The summed E-state index contributed by atoms with van der Waals surface area (Å²) in [6, 6.07) is 9.26.